The summed E-state index contributed by atoms with van der Waals surface area (Å²) in [5.41, 5.74) is 0.974. The van der Waals surface area contributed by atoms with Crippen LogP contribution in [0.5, 0.6) is 0 Å². The SMILES string of the molecule is CC(OC(=O)CCCCCC(=O)O)c1ccccc1. The number of benzene rings is 1. The van der Waals surface area contributed by atoms with Crippen molar-refractivity contribution in [1.82, 2.24) is 0 Å². The molecule has 104 valence electrons. The van der Waals surface area contributed by atoms with E-state index in [0.29, 0.717) is 19.3 Å². The summed E-state index contributed by atoms with van der Waals surface area (Å²) < 4.78 is 5.31. The maximum atomic E-state index is 11.6. The lowest BCUT2D eigenvalue weighted by atomic mass is 10.1. The second-order valence-corrected chi connectivity index (χ2v) is 4.50. The molecule has 19 heavy (non-hydrogen) atoms. The molecule has 0 amide bonds. The van der Waals surface area contributed by atoms with E-state index in [1.165, 1.54) is 0 Å². The fraction of sp³-hybridized carbons (Fsp3) is 0.467. The zero-order valence-electron chi connectivity index (χ0n) is 11.2. The van der Waals surface area contributed by atoms with Gasteiger partial charge in [0.2, 0.25) is 0 Å². The minimum atomic E-state index is -0.791. The second kappa shape index (κ2) is 8.29. The van der Waals surface area contributed by atoms with E-state index in [1.807, 2.05) is 37.3 Å². The summed E-state index contributed by atoms with van der Waals surface area (Å²) in [6.07, 6.45) is 2.28. The molecule has 0 saturated heterocycles. The van der Waals surface area contributed by atoms with E-state index in [-0.39, 0.29) is 18.5 Å². The highest BCUT2D eigenvalue weighted by atomic mass is 16.5. The molecule has 0 bridgehead atoms. The average Bonchev–Trinajstić information content (AvgIpc) is 2.39. The number of unbranched alkanes of at least 4 members (excludes halogenated alkanes) is 2. The first-order chi connectivity index (χ1) is 9.09. The highest BCUT2D eigenvalue weighted by Gasteiger charge is 2.10. The molecule has 1 aromatic rings. The highest BCUT2D eigenvalue weighted by Crippen LogP contribution is 2.17. The molecule has 0 radical (unpaired) electrons. The fourth-order valence-corrected chi connectivity index (χ4v) is 1.77. The van der Waals surface area contributed by atoms with Gasteiger partial charge < -0.3 is 9.84 Å². The minimum Gasteiger partial charge on any atom is -0.481 e. The Labute approximate surface area is 113 Å². The number of carbonyl (C=O) groups excluding carboxylic acids is 1. The molecule has 0 aliphatic carbocycles. The zero-order chi connectivity index (χ0) is 14.1. The normalized spacial score (nSPS) is 11.8. The van der Waals surface area contributed by atoms with Crippen molar-refractivity contribution >= 4 is 11.9 Å². The van der Waals surface area contributed by atoms with Crippen molar-refractivity contribution < 1.29 is 19.4 Å². The van der Waals surface area contributed by atoms with Crippen molar-refractivity contribution in [2.45, 2.75) is 45.1 Å². The molecular formula is C15H20O4. The molecule has 1 N–H and O–H groups in total. The maximum absolute atomic E-state index is 11.6. The number of carboxylic acid groups (broad SMARTS) is 1. The summed E-state index contributed by atoms with van der Waals surface area (Å²) in [6, 6.07) is 9.58. The van der Waals surface area contributed by atoms with Gasteiger partial charge in [-0.15, -0.1) is 0 Å². The van der Waals surface area contributed by atoms with Gasteiger partial charge in [0.05, 0.1) is 0 Å². The van der Waals surface area contributed by atoms with Gasteiger partial charge in [-0.3, -0.25) is 9.59 Å². The van der Waals surface area contributed by atoms with Crippen LogP contribution in [-0.4, -0.2) is 17.0 Å². The Kier molecular flexibility index (Phi) is 6.64. The average molecular weight is 264 g/mol. The number of hydrogen-bond donors (Lipinski definition) is 1. The lowest BCUT2D eigenvalue weighted by Gasteiger charge is -2.13. The molecule has 0 heterocycles. The topological polar surface area (TPSA) is 63.6 Å². The fourth-order valence-electron chi connectivity index (χ4n) is 1.77. The zero-order valence-corrected chi connectivity index (χ0v) is 11.2. The van der Waals surface area contributed by atoms with Crippen LogP contribution in [0.15, 0.2) is 30.3 Å². The summed E-state index contributed by atoms with van der Waals surface area (Å²) in [4.78, 5) is 21.9. The number of ether oxygens (including phenoxy) is 1. The van der Waals surface area contributed by atoms with Gasteiger partial charge in [-0.05, 0) is 25.3 Å². The number of rotatable bonds is 8. The number of esters is 1. The molecule has 1 unspecified atom stereocenters. The van der Waals surface area contributed by atoms with Crippen LogP contribution in [0.2, 0.25) is 0 Å². The predicted octanol–water partition coefficient (Wildman–Crippen LogP) is 3.33. The Bertz CT molecular complexity index is 400. The van der Waals surface area contributed by atoms with Crippen molar-refractivity contribution in [3.05, 3.63) is 35.9 Å². The first kappa shape index (κ1) is 15.2. The van der Waals surface area contributed by atoms with Crippen LogP contribution >= 0.6 is 0 Å². The number of aliphatic carboxylic acids is 1. The Hall–Kier alpha value is -1.84. The van der Waals surface area contributed by atoms with Gasteiger partial charge in [0.1, 0.15) is 6.10 Å². The van der Waals surface area contributed by atoms with Crippen LogP contribution in [0.1, 0.15) is 50.7 Å². The Balaban J connectivity index is 2.19. The monoisotopic (exact) mass is 264 g/mol. The molecule has 1 atom stereocenters. The molecule has 4 heteroatoms. The molecule has 0 fully saturated rings. The maximum Gasteiger partial charge on any atom is 0.306 e. The third-order valence-electron chi connectivity index (χ3n) is 2.85. The Morgan fingerprint density at radius 2 is 1.74 bits per heavy atom. The molecule has 0 spiro atoms. The van der Waals surface area contributed by atoms with E-state index in [2.05, 4.69) is 0 Å². The minimum absolute atomic E-state index is 0.162. The van der Waals surface area contributed by atoms with Crippen molar-refractivity contribution in [2.75, 3.05) is 0 Å². The number of hydrogen-bond acceptors (Lipinski definition) is 3. The van der Waals surface area contributed by atoms with Gasteiger partial charge in [-0.2, -0.15) is 0 Å². The van der Waals surface area contributed by atoms with Crippen LogP contribution in [0.3, 0.4) is 0 Å². The second-order valence-electron chi connectivity index (χ2n) is 4.50. The standard InChI is InChI=1S/C15H20O4/c1-12(13-8-4-2-5-9-13)19-15(18)11-7-3-6-10-14(16)17/h2,4-5,8-9,12H,3,6-7,10-11H2,1H3,(H,16,17). The van der Waals surface area contributed by atoms with Crippen molar-refractivity contribution in [3.63, 3.8) is 0 Å². The van der Waals surface area contributed by atoms with Crippen molar-refractivity contribution in [2.24, 2.45) is 0 Å². The van der Waals surface area contributed by atoms with E-state index in [4.69, 9.17) is 9.84 Å². The van der Waals surface area contributed by atoms with Crippen LogP contribution < -0.4 is 0 Å². The molecule has 0 saturated carbocycles. The quantitative estimate of drug-likeness (QED) is 0.578. The van der Waals surface area contributed by atoms with Gasteiger partial charge in [0.25, 0.3) is 0 Å². The van der Waals surface area contributed by atoms with E-state index in [0.717, 1.165) is 12.0 Å². The van der Waals surface area contributed by atoms with Crippen LogP contribution in [0, 0.1) is 0 Å². The van der Waals surface area contributed by atoms with Crippen molar-refractivity contribution in [1.29, 1.82) is 0 Å². The van der Waals surface area contributed by atoms with Gasteiger partial charge in [-0.25, -0.2) is 0 Å². The summed E-state index contributed by atoms with van der Waals surface area (Å²) in [6.45, 7) is 1.84. The first-order valence-electron chi connectivity index (χ1n) is 6.56. The highest BCUT2D eigenvalue weighted by molar-refractivity contribution is 5.69. The molecule has 4 nitrogen and oxygen atoms in total. The molecule has 1 rings (SSSR count). The number of carbonyl (C=O) groups is 2. The van der Waals surface area contributed by atoms with Crippen LogP contribution in [0.25, 0.3) is 0 Å². The smallest absolute Gasteiger partial charge is 0.306 e. The summed E-state index contributed by atoms with van der Waals surface area (Å²) in [5.74, 6) is -1.02. The van der Waals surface area contributed by atoms with E-state index in [9.17, 15) is 9.59 Å². The van der Waals surface area contributed by atoms with Gasteiger partial charge in [0, 0.05) is 12.8 Å². The van der Waals surface area contributed by atoms with E-state index >= 15 is 0 Å². The molecular weight excluding hydrogens is 244 g/mol. The molecule has 0 aliphatic heterocycles. The molecule has 0 aromatic heterocycles. The van der Waals surface area contributed by atoms with Gasteiger partial charge >= 0.3 is 11.9 Å². The summed E-state index contributed by atoms with van der Waals surface area (Å²) in [5, 5.41) is 8.48. The lowest BCUT2D eigenvalue weighted by molar-refractivity contribution is -0.148. The Morgan fingerprint density at radius 1 is 1.11 bits per heavy atom. The molecule has 1 aromatic carbocycles. The van der Waals surface area contributed by atoms with Crippen LogP contribution in [-0.2, 0) is 14.3 Å². The largest absolute Gasteiger partial charge is 0.481 e. The first-order valence-corrected chi connectivity index (χ1v) is 6.56. The van der Waals surface area contributed by atoms with Gasteiger partial charge in [0.15, 0.2) is 0 Å². The molecule has 0 aliphatic rings. The number of carboxylic acids is 1. The third kappa shape index (κ3) is 6.60. The van der Waals surface area contributed by atoms with Crippen LogP contribution in [0.4, 0.5) is 0 Å². The van der Waals surface area contributed by atoms with E-state index < -0.39 is 5.97 Å². The predicted molar refractivity (Wildman–Crippen MR) is 71.7 cm³/mol. The summed E-state index contributed by atoms with van der Waals surface area (Å²) in [7, 11) is 0. The third-order valence-corrected chi connectivity index (χ3v) is 2.85. The summed E-state index contributed by atoms with van der Waals surface area (Å²) >= 11 is 0. The van der Waals surface area contributed by atoms with Crippen molar-refractivity contribution in [3.8, 4) is 0 Å². The Morgan fingerprint density at radius 3 is 2.37 bits per heavy atom. The van der Waals surface area contributed by atoms with E-state index in [1.54, 1.807) is 0 Å². The van der Waals surface area contributed by atoms with Gasteiger partial charge in [-0.1, -0.05) is 36.8 Å². The lowest BCUT2D eigenvalue weighted by Crippen LogP contribution is -2.08.